The molecule has 2 rings (SSSR count). The van der Waals surface area contributed by atoms with E-state index in [-0.39, 0.29) is 6.61 Å². The first-order valence-corrected chi connectivity index (χ1v) is 7.11. The van der Waals surface area contributed by atoms with Crippen LogP contribution in [-0.2, 0) is 11.3 Å². The van der Waals surface area contributed by atoms with E-state index in [2.05, 4.69) is 0 Å². The first-order chi connectivity index (χ1) is 11.1. The van der Waals surface area contributed by atoms with Crippen molar-refractivity contribution in [2.45, 2.75) is 13.5 Å². The van der Waals surface area contributed by atoms with Gasteiger partial charge >= 0.3 is 5.97 Å². The molecule has 0 aromatic heterocycles. The van der Waals surface area contributed by atoms with E-state index in [1.165, 1.54) is 7.11 Å². The largest absolute Gasteiger partial charge is 0.497 e. The van der Waals surface area contributed by atoms with Crippen LogP contribution < -0.4 is 14.2 Å². The molecule has 5 nitrogen and oxygen atoms in total. The number of carbonyl (C=O) groups is 1. The van der Waals surface area contributed by atoms with Gasteiger partial charge < -0.3 is 18.9 Å². The second kappa shape index (κ2) is 7.54. The number of carbonyl (C=O) groups excluding carboxylic acids is 1. The maximum atomic E-state index is 12.3. The fourth-order valence-corrected chi connectivity index (χ4v) is 2.20. The van der Waals surface area contributed by atoms with Crippen LogP contribution in [0.25, 0.3) is 0 Å². The van der Waals surface area contributed by atoms with Crippen molar-refractivity contribution in [3.05, 3.63) is 53.1 Å². The molecule has 0 aliphatic heterocycles. The predicted molar refractivity (Wildman–Crippen MR) is 86.4 cm³/mol. The Bertz CT molecular complexity index is 694. The summed E-state index contributed by atoms with van der Waals surface area (Å²) in [6.45, 7) is 1.98. The Morgan fingerprint density at radius 2 is 1.61 bits per heavy atom. The molecule has 0 atom stereocenters. The van der Waals surface area contributed by atoms with Crippen LogP contribution in [0.4, 0.5) is 0 Å². The lowest BCUT2D eigenvalue weighted by molar-refractivity contribution is 0.0466. The molecule has 0 saturated heterocycles. The third-order valence-corrected chi connectivity index (χ3v) is 3.42. The molecule has 2 aromatic rings. The standard InChI is InChI=1S/C18H20O5/c1-12-5-7-17(22-4)15(9-12)18(19)23-11-13-10-14(20-2)6-8-16(13)21-3/h5-10H,11H2,1-4H3. The third kappa shape index (κ3) is 3.94. The van der Waals surface area contributed by atoms with Gasteiger partial charge in [0.15, 0.2) is 0 Å². The zero-order chi connectivity index (χ0) is 16.8. The smallest absolute Gasteiger partial charge is 0.342 e. The molecule has 0 radical (unpaired) electrons. The van der Waals surface area contributed by atoms with Crippen molar-refractivity contribution in [3.8, 4) is 17.2 Å². The van der Waals surface area contributed by atoms with Gasteiger partial charge in [0.2, 0.25) is 0 Å². The van der Waals surface area contributed by atoms with Gasteiger partial charge in [0.05, 0.1) is 21.3 Å². The third-order valence-electron chi connectivity index (χ3n) is 3.42. The van der Waals surface area contributed by atoms with E-state index in [0.717, 1.165) is 11.1 Å². The van der Waals surface area contributed by atoms with Crippen LogP contribution in [0.2, 0.25) is 0 Å². The Hall–Kier alpha value is -2.69. The summed E-state index contributed by atoms with van der Waals surface area (Å²) in [5, 5.41) is 0. The van der Waals surface area contributed by atoms with Gasteiger partial charge in [-0.25, -0.2) is 4.79 Å². The number of hydrogen-bond donors (Lipinski definition) is 0. The van der Waals surface area contributed by atoms with Crippen LogP contribution in [0, 0.1) is 6.92 Å². The molecule has 0 aliphatic rings. The van der Waals surface area contributed by atoms with Crippen LogP contribution in [0.5, 0.6) is 17.2 Å². The zero-order valence-electron chi connectivity index (χ0n) is 13.7. The van der Waals surface area contributed by atoms with Crippen LogP contribution in [0.1, 0.15) is 21.5 Å². The number of rotatable bonds is 6. The molecule has 0 spiro atoms. The molecule has 0 saturated carbocycles. The number of esters is 1. The molecule has 0 unspecified atom stereocenters. The summed E-state index contributed by atoms with van der Waals surface area (Å²) >= 11 is 0. The van der Waals surface area contributed by atoms with E-state index in [0.29, 0.717) is 22.8 Å². The van der Waals surface area contributed by atoms with Gasteiger partial charge in [0.25, 0.3) is 0 Å². The Balaban J connectivity index is 2.18. The first-order valence-electron chi connectivity index (χ1n) is 7.11. The van der Waals surface area contributed by atoms with Crippen LogP contribution >= 0.6 is 0 Å². The van der Waals surface area contributed by atoms with Gasteiger partial charge in [-0.2, -0.15) is 0 Å². The van der Waals surface area contributed by atoms with Gasteiger partial charge in [-0.05, 0) is 37.3 Å². The summed E-state index contributed by atoms with van der Waals surface area (Å²) in [6.07, 6.45) is 0. The summed E-state index contributed by atoms with van der Waals surface area (Å²) in [5.74, 6) is 1.34. The van der Waals surface area contributed by atoms with E-state index in [1.807, 2.05) is 13.0 Å². The first kappa shape index (κ1) is 16.7. The van der Waals surface area contributed by atoms with Crippen molar-refractivity contribution in [1.29, 1.82) is 0 Å². The van der Waals surface area contributed by atoms with Crippen molar-refractivity contribution in [3.63, 3.8) is 0 Å². The van der Waals surface area contributed by atoms with Crippen molar-refractivity contribution in [1.82, 2.24) is 0 Å². The van der Waals surface area contributed by atoms with E-state index in [9.17, 15) is 4.79 Å². The Kier molecular flexibility index (Phi) is 5.46. The predicted octanol–water partition coefficient (Wildman–Crippen LogP) is 3.38. The molecule has 0 amide bonds. The van der Waals surface area contributed by atoms with E-state index in [1.54, 1.807) is 44.6 Å². The number of aryl methyl sites for hydroxylation is 1. The minimum absolute atomic E-state index is 0.0797. The number of hydrogen-bond acceptors (Lipinski definition) is 5. The summed E-state index contributed by atoms with van der Waals surface area (Å²) in [4.78, 5) is 12.3. The highest BCUT2D eigenvalue weighted by Crippen LogP contribution is 2.26. The molecule has 0 fully saturated rings. The monoisotopic (exact) mass is 316 g/mol. The molecular formula is C18H20O5. The summed E-state index contributed by atoms with van der Waals surface area (Å²) in [6, 6.07) is 10.7. The molecule has 0 aliphatic carbocycles. The number of ether oxygens (including phenoxy) is 4. The van der Waals surface area contributed by atoms with Gasteiger partial charge in [-0.1, -0.05) is 11.6 Å². The van der Waals surface area contributed by atoms with Crippen molar-refractivity contribution < 1.29 is 23.7 Å². The molecule has 2 aromatic carbocycles. The van der Waals surface area contributed by atoms with E-state index < -0.39 is 5.97 Å². The van der Waals surface area contributed by atoms with Crippen LogP contribution in [-0.4, -0.2) is 27.3 Å². The minimum Gasteiger partial charge on any atom is -0.497 e. The topological polar surface area (TPSA) is 54.0 Å². The second-order valence-electron chi connectivity index (χ2n) is 4.96. The number of benzene rings is 2. The molecule has 5 heteroatoms. The van der Waals surface area contributed by atoms with E-state index in [4.69, 9.17) is 18.9 Å². The normalized spacial score (nSPS) is 10.1. The summed E-state index contributed by atoms with van der Waals surface area (Å²) in [7, 11) is 4.67. The van der Waals surface area contributed by atoms with Crippen LogP contribution in [0.3, 0.4) is 0 Å². The zero-order valence-corrected chi connectivity index (χ0v) is 13.7. The van der Waals surface area contributed by atoms with Gasteiger partial charge in [0.1, 0.15) is 29.4 Å². The van der Waals surface area contributed by atoms with Gasteiger partial charge in [-0.3, -0.25) is 0 Å². The Morgan fingerprint density at radius 3 is 2.26 bits per heavy atom. The maximum absolute atomic E-state index is 12.3. The fourth-order valence-electron chi connectivity index (χ4n) is 2.20. The molecule has 122 valence electrons. The minimum atomic E-state index is -0.449. The highest BCUT2D eigenvalue weighted by molar-refractivity contribution is 5.92. The highest BCUT2D eigenvalue weighted by atomic mass is 16.5. The summed E-state index contributed by atoms with van der Waals surface area (Å²) < 4.78 is 21.1. The SMILES string of the molecule is COc1ccc(OC)c(COC(=O)c2cc(C)ccc2OC)c1. The van der Waals surface area contributed by atoms with Crippen molar-refractivity contribution in [2.75, 3.05) is 21.3 Å². The average Bonchev–Trinajstić information content (AvgIpc) is 2.59. The lowest BCUT2D eigenvalue weighted by Gasteiger charge is -2.12. The molecular weight excluding hydrogens is 296 g/mol. The second-order valence-corrected chi connectivity index (χ2v) is 4.96. The average molecular weight is 316 g/mol. The van der Waals surface area contributed by atoms with Crippen molar-refractivity contribution >= 4 is 5.97 Å². The van der Waals surface area contributed by atoms with Gasteiger partial charge in [0, 0.05) is 5.56 Å². The molecule has 23 heavy (non-hydrogen) atoms. The van der Waals surface area contributed by atoms with Crippen molar-refractivity contribution in [2.24, 2.45) is 0 Å². The maximum Gasteiger partial charge on any atom is 0.342 e. The van der Waals surface area contributed by atoms with E-state index >= 15 is 0 Å². The Morgan fingerprint density at radius 1 is 0.913 bits per heavy atom. The molecule has 0 bridgehead atoms. The van der Waals surface area contributed by atoms with Gasteiger partial charge in [-0.15, -0.1) is 0 Å². The van der Waals surface area contributed by atoms with Crippen LogP contribution in [0.15, 0.2) is 36.4 Å². The lowest BCUT2D eigenvalue weighted by Crippen LogP contribution is -2.08. The summed E-state index contributed by atoms with van der Waals surface area (Å²) in [5.41, 5.74) is 2.08. The lowest BCUT2D eigenvalue weighted by atomic mass is 10.1. The quantitative estimate of drug-likeness (QED) is 0.765. The molecule has 0 heterocycles. The number of methoxy groups -OCH3 is 3. The Labute approximate surface area is 135 Å². The fraction of sp³-hybridized carbons (Fsp3) is 0.278. The highest BCUT2D eigenvalue weighted by Gasteiger charge is 2.15. The molecule has 0 N–H and O–H groups in total.